The van der Waals surface area contributed by atoms with E-state index >= 15 is 0 Å². The lowest BCUT2D eigenvalue weighted by Crippen LogP contribution is -2.36. The molecule has 0 atom stereocenters. The molecule has 1 aliphatic rings. The van der Waals surface area contributed by atoms with Crippen molar-refractivity contribution in [1.29, 1.82) is 0 Å². The Morgan fingerprint density at radius 1 is 1.31 bits per heavy atom. The summed E-state index contributed by atoms with van der Waals surface area (Å²) < 4.78 is 5.12. The molecule has 0 aromatic heterocycles. The smallest absolute Gasteiger partial charge is 0.118 e. The minimum Gasteiger partial charge on any atom is -0.497 e. The van der Waals surface area contributed by atoms with Crippen LogP contribution in [-0.2, 0) is 6.42 Å². The molecule has 0 bridgehead atoms. The molecule has 1 saturated carbocycles. The van der Waals surface area contributed by atoms with Crippen LogP contribution in [0.5, 0.6) is 5.75 Å². The summed E-state index contributed by atoms with van der Waals surface area (Å²) in [7, 11) is 1.69. The molecule has 1 aliphatic carbocycles. The van der Waals surface area contributed by atoms with Crippen LogP contribution >= 0.6 is 0 Å². The molecule has 3 N–H and O–H groups in total. The second-order valence-electron chi connectivity index (χ2n) is 4.64. The zero-order chi connectivity index (χ0) is 11.4. The molecule has 3 heteroatoms. The molecule has 1 fully saturated rings. The molecule has 0 aliphatic heterocycles. The number of rotatable bonds is 6. The molecule has 16 heavy (non-hydrogen) atoms. The first kappa shape index (κ1) is 11.4. The topological polar surface area (TPSA) is 47.3 Å². The van der Waals surface area contributed by atoms with E-state index in [4.69, 9.17) is 10.5 Å². The molecule has 3 nitrogen and oxygen atoms in total. The third kappa shape index (κ3) is 3.22. The predicted octanol–water partition coefficient (Wildman–Crippen LogP) is 1.32. The van der Waals surface area contributed by atoms with Crippen molar-refractivity contribution in [1.82, 2.24) is 5.32 Å². The van der Waals surface area contributed by atoms with Crippen LogP contribution in [0.1, 0.15) is 18.4 Å². The predicted molar refractivity (Wildman–Crippen MR) is 65.7 cm³/mol. The molecule has 0 amide bonds. The lowest BCUT2D eigenvalue weighted by Gasteiger charge is -2.10. The van der Waals surface area contributed by atoms with Crippen molar-refractivity contribution in [2.45, 2.75) is 24.8 Å². The highest BCUT2D eigenvalue weighted by atomic mass is 16.5. The van der Waals surface area contributed by atoms with E-state index in [1.807, 2.05) is 12.1 Å². The van der Waals surface area contributed by atoms with Gasteiger partial charge in [0.2, 0.25) is 0 Å². The fourth-order valence-electron chi connectivity index (χ4n) is 1.70. The average molecular weight is 220 g/mol. The molecule has 88 valence electrons. The van der Waals surface area contributed by atoms with Gasteiger partial charge in [0, 0.05) is 12.1 Å². The van der Waals surface area contributed by atoms with Crippen LogP contribution in [-0.4, -0.2) is 25.7 Å². The molecular weight excluding hydrogens is 200 g/mol. The van der Waals surface area contributed by atoms with Crippen LogP contribution in [0.4, 0.5) is 0 Å². The number of methoxy groups -OCH3 is 1. The largest absolute Gasteiger partial charge is 0.497 e. The lowest BCUT2D eigenvalue weighted by atomic mass is 10.1. The Morgan fingerprint density at radius 3 is 2.56 bits per heavy atom. The Kier molecular flexibility index (Phi) is 3.46. The standard InChI is InChI=1S/C13H20N2O/c1-16-12-4-2-11(3-5-12)6-9-15-10-13(14)7-8-13/h2-5,15H,6-10,14H2,1H3. The van der Waals surface area contributed by atoms with Gasteiger partial charge in [0.1, 0.15) is 5.75 Å². The number of ether oxygens (including phenoxy) is 1. The Labute approximate surface area is 97.0 Å². The molecule has 0 unspecified atom stereocenters. The first-order valence-electron chi connectivity index (χ1n) is 5.84. The summed E-state index contributed by atoms with van der Waals surface area (Å²) in [4.78, 5) is 0. The van der Waals surface area contributed by atoms with Gasteiger partial charge in [-0.05, 0) is 43.5 Å². The summed E-state index contributed by atoms with van der Waals surface area (Å²) in [5.74, 6) is 0.913. The fraction of sp³-hybridized carbons (Fsp3) is 0.538. The van der Waals surface area contributed by atoms with E-state index in [0.29, 0.717) is 0 Å². The van der Waals surface area contributed by atoms with Gasteiger partial charge in [0.05, 0.1) is 7.11 Å². The van der Waals surface area contributed by atoms with E-state index in [0.717, 1.165) is 25.3 Å². The Hall–Kier alpha value is -1.06. The molecule has 0 heterocycles. The normalized spacial score (nSPS) is 17.1. The summed E-state index contributed by atoms with van der Waals surface area (Å²) in [6.45, 7) is 1.94. The van der Waals surface area contributed by atoms with Crippen LogP contribution in [0, 0.1) is 0 Å². The third-order valence-electron chi connectivity index (χ3n) is 3.12. The fourth-order valence-corrected chi connectivity index (χ4v) is 1.70. The second kappa shape index (κ2) is 4.85. The minimum absolute atomic E-state index is 0.111. The first-order chi connectivity index (χ1) is 7.72. The zero-order valence-corrected chi connectivity index (χ0v) is 9.83. The van der Waals surface area contributed by atoms with Crippen LogP contribution in [0.15, 0.2) is 24.3 Å². The Balaban J connectivity index is 1.68. The maximum atomic E-state index is 5.98. The van der Waals surface area contributed by atoms with Crippen molar-refractivity contribution in [2.75, 3.05) is 20.2 Å². The Morgan fingerprint density at radius 2 is 2.00 bits per heavy atom. The lowest BCUT2D eigenvalue weighted by molar-refractivity contribution is 0.414. The van der Waals surface area contributed by atoms with Crippen molar-refractivity contribution in [2.24, 2.45) is 5.73 Å². The van der Waals surface area contributed by atoms with Gasteiger partial charge in [-0.25, -0.2) is 0 Å². The highest BCUT2D eigenvalue weighted by Crippen LogP contribution is 2.30. The van der Waals surface area contributed by atoms with E-state index < -0.39 is 0 Å². The molecule has 1 aromatic carbocycles. The minimum atomic E-state index is 0.111. The van der Waals surface area contributed by atoms with Gasteiger partial charge in [-0.15, -0.1) is 0 Å². The highest BCUT2D eigenvalue weighted by Gasteiger charge is 2.37. The maximum Gasteiger partial charge on any atom is 0.118 e. The van der Waals surface area contributed by atoms with E-state index in [9.17, 15) is 0 Å². The van der Waals surface area contributed by atoms with E-state index in [2.05, 4.69) is 17.4 Å². The first-order valence-corrected chi connectivity index (χ1v) is 5.84. The zero-order valence-electron chi connectivity index (χ0n) is 9.83. The quantitative estimate of drug-likeness (QED) is 0.711. The van der Waals surface area contributed by atoms with E-state index in [-0.39, 0.29) is 5.54 Å². The third-order valence-corrected chi connectivity index (χ3v) is 3.12. The number of hydrogen-bond donors (Lipinski definition) is 2. The van der Waals surface area contributed by atoms with Gasteiger partial charge in [-0.2, -0.15) is 0 Å². The van der Waals surface area contributed by atoms with Gasteiger partial charge in [-0.3, -0.25) is 0 Å². The summed E-state index contributed by atoms with van der Waals surface area (Å²) in [6.07, 6.45) is 3.38. The van der Waals surface area contributed by atoms with E-state index in [1.54, 1.807) is 7.11 Å². The molecule has 0 spiro atoms. The van der Waals surface area contributed by atoms with Crippen LogP contribution in [0.25, 0.3) is 0 Å². The Bertz CT molecular complexity index is 330. The summed E-state index contributed by atoms with van der Waals surface area (Å²) in [5, 5.41) is 3.41. The van der Waals surface area contributed by atoms with Crippen LogP contribution < -0.4 is 15.8 Å². The summed E-state index contributed by atoms with van der Waals surface area (Å²) >= 11 is 0. The van der Waals surface area contributed by atoms with Gasteiger partial charge < -0.3 is 15.8 Å². The molecular formula is C13H20N2O. The number of nitrogens with one attached hydrogen (secondary N) is 1. The SMILES string of the molecule is COc1ccc(CCNCC2(N)CC2)cc1. The maximum absolute atomic E-state index is 5.98. The summed E-state index contributed by atoms with van der Waals surface area (Å²) in [5.41, 5.74) is 7.42. The second-order valence-corrected chi connectivity index (χ2v) is 4.64. The molecule has 2 rings (SSSR count). The van der Waals surface area contributed by atoms with Crippen LogP contribution in [0.2, 0.25) is 0 Å². The summed E-state index contributed by atoms with van der Waals surface area (Å²) in [6, 6.07) is 8.22. The van der Waals surface area contributed by atoms with Crippen LogP contribution in [0.3, 0.4) is 0 Å². The van der Waals surface area contributed by atoms with E-state index in [1.165, 1.54) is 18.4 Å². The number of nitrogens with two attached hydrogens (primary N) is 1. The molecule has 1 aromatic rings. The van der Waals surface area contributed by atoms with Gasteiger partial charge in [0.25, 0.3) is 0 Å². The molecule has 0 radical (unpaired) electrons. The van der Waals surface area contributed by atoms with Gasteiger partial charge >= 0.3 is 0 Å². The van der Waals surface area contributed by atoms with Crippen molar-refractivity contribution in [3.05, 3.63) is 29.8 Å². The van der Waals surface area contributed by atoms with Crippen molar-refractivity contribution in [3.63, 3.8) is 0 Å². The molecule has 0 saturated heterocycles. The van der Waals surface area contributed by atoms with Crippen molar-refractivity contribution in [3.8, 4) is 5.75 Å². The monoisotopic (exact) mass is 220 g/mol. The van der Waals surface area contributed by atoms with Crippen molar-refractivity contribution >= 4 is 0 Å². The average Bonchev–Trinajstić information content (AvgIpc) is 3.04. The highest BCUT2D eigenvalue weighted by molar-refractivity contribution is 5.27. The van der Waals surface area contributed by atoms with Crippen molar-refractivity contribution < 1.29 is 4.74 Å². The van der Waals surface area contributed by atoms with Gasteiger partial charge in [0.15, 0.2) is 0 Å². The number of hydrogen-bond acceptors (Lipinski definition) is 3. The van der Waals surface area contributed by atoms with Gasteiger partial charge in [-0.1, -0.05) is 12.1 Å². The number of benzene rings is 1.